The Morgan fingerprint density at radius 1 is 1.30 bits per heavy atom. The van der Waals surface area contributed by atoms with Crippen molar-refractivity contribution in [2.45, 2.75) is 26.9 Å². The van der Waals surface area contributed by atoms with Gasteiger partial charge in [0, 0.05) is 25.2 Å². The molecular weight excluding hydrogens is 268 g/mol. The maximum absolute atomic E-state index is 4.52. The second-order valence-electron chi connectivity index (χ2n) is 5.39. The van der Waals surface area contributed by atoms with Crippen LogP contribution < -0.4 is 10.2 Å². The monoisotopic (exact) mass is 290 g/mol. The van der Waals surface area contributed by atoms with Crippen LogP contribution in [0.15, 0.2) is 29.2 Å². The average molecular weight is 290 g/mol. The van der Waals surface area contributed by atoms with E-state index in [4.69, 9.17) is 0 Å². The zero-order valence-corrected chi connectivity index (χ0v) is 13.2. The minimum Gasteiger partial charge on any atom is -0.354 e. The molecule has 108 valence electrons. The zero-order chi connectivity index (χ0) is 14.4. The van der Waals surface area contributed by atoms with E-state index in [2.05, 4.69) is 51.5 Å². The highest BCUT2D eigenvalue weighted by atomic mass is 32.1. The molecule has 0 aliphatic heterocycles. The van der Waals surface area contributed by atoms with E-state index in [-0.39, 0.29) is 0 Å². The Morgan fingerprint density at radius 3 is 2.75 bits per heavy atom. The summed E-state index contributed by atoms with van der Waals surface area (Å²) in [5.41, 5.74) is 4.17. The van der Waals surface area contributed by atoms with Gasteiger partial charge >= 0.3 is 0 Å². The van der Waals surface area contributed by atoms with Gasteiger partial charge in [0.25, 0.3) is 0 Å². The molecule has 0 unspecified atom stereocenters. The third kappa shape index (κ3) is 4.58. The molecule has 0 atom stereocenters. The van der Waals surface area contributed by atoms with E-state index in [1.54, 1.807) is 11.3 Å². The maximum Gasteiger partial charge on any atom is 0.128 e. The van der Waals surface area contributed by atoms with Gasteiger partial charge in [0.1, 0.15) is 5.82 Å². The number of hydrogen-bond donors (Lipinski definition) is 1. The molecule has 2 rings (SSSR count). The van der Waals surface area contributed by atoms with E-state index in [0.29, 0.717) is 5.92 Å². The zero-order valence-electron chi connectivity index (χ0n) is 12.3. The van der Waals surface area contributed by atoms with Gasteiger partial charge < -0.3 is 10.2 Å². The topological polar surface area (TPSA) is 41.0 Å². The number of thiazole rings is 1. The van der Waals surface area contributed by atoms with Crippen LogP contribution in [0.3, 0.4) is 0 Å². The molecule has 2 heterocycles. The molecule has 0 aliphatic carbocycles. The summed E-state index contributed by atoms with van der Waals surface area (Å²) < 4.78 is 0. The quantitative estimate of drug-likeness (QED) is 0.851. The van der Waals surface area contributed by atoms with Crippen LogP contribution >= 0.6 is 11.3 Å². The summed E-state index contributed by atoms with van der Waals surface area (Å²) in [6, 6.07) is 4.20. The summed E-state index contributed by atoms with van der Waals surface area (Å²) in [5.74, 6) is 1.65. The molecule has 0 bridgehead atoms. The van der Waals surface area contributed by atoms with Crippen LogP contribution in [0.2, 0.25) is 0 Å². The lowest BCUT2D eigenvalue weighted by Gasteiger charge is -2.17. The van der Waals surface area contributed by atoms with Gasteiger partial charge in [-0.15, -0.1) is 11.3 Å². The largest absolute Gasteiger partial charge is 0.354 e. The molecule has 0 saturated heterocycles. The maximum atomic E-state index is 4.52. The van der Waals surface area contributed by atoms with Gasteiger partial charge in [-0.2, -0.15) is 0 Å². The van der Waals surface area contributed by atoms with Gasteiger partial charge in [-0.3, -0.25) is 0 Å². The van der Waals surface area contributed by atoms with E-state index in [1.807, 2.05) is 18.8 Å². The van der Waals surface area contributed by atoms with Crippen LogP contribution in [0.4, 0.5) is 5.82 Å². The number of hydrogen-bond acceptors (Lipinski definition) is 5. The van der Waals surface area contributed by atoms with Gasteiger partial charge in [-0.25, -0.2) is 9.97 Å². The van der Waals surface area contributed by atoms with Crippen LogP contribution in [-0.4, -0.2) is 23.6 Å². The van der Waals surface area contributed by atoms with Gasteiger partial charge in [0.2, 0.25) is 0 Å². The summed E-state index contributed by atoms with van der Waals surface area (Å²) >= 11 is 1.62. The highest BCUT2D eigenvalue weighted by Gasteiger charge is 2.05. The molecule has 2 aromatic rings. The second kappa shape index (κ2) is 7.36. The van der Waals surface area contributed by atoms with Crippen LogP contribution in [0, 0.1) is 5.92 Å². The third-order valence-corrected chi connectivity index (χ3v) is 3.60. The summed E-state index contributed by atoms with van der Waals surface area (Å²) in [6.45, 7) is 7.12. The van der Waals surface area contributed by atoms with Gasteiger partial charge in [0.15, 0.2) is 0 Å². The lowest BCUT2D eigenvalue weighted by Crippen LogP contribution is -2.20. The summed E-state index contributed by atoms with van der Waals surface area (Å²) in [4.78, 5) is 10.9. The summed E-state index contributed by atoms with van der Waals surface area (Å²) in [7, 11) is 2.04. The standard InChI is InChI=1S/C15H22N4S/c1-12(2)6-16-7-13-4-5-15(17-8-13)19(3)9-14-10-20-11-18-14/h4-5,8,10-12,16H,6-7,9H2,1-3H3. The molecule has 0 aromatic carbocycles. The number of anilines is 1. The third-order valence-electron chi connectivity index (χ3n) is 2.96. The molecule has 2 aromatic heterocycles. The van der Waals surface area contributed by atoms with Crippen molar-refractivity contribution >= 4 is 17.2 Å². The van der Waals surface area contributed by atoms with Crippen LogP contribution in [0.25, 0.3) is 0 Å². The smallest absolute Gasteiger partial charge is 0.128 e. The molecule has 0 spiro atoms. The van der Waals surface area contributed by atoms with E-state index in [9.17, 15) is 0 Å². The molecule has 0 amide bonds. The fraction of sp³-hybridized carbons (Fsp3) is 0.467. The Bertz CT molecular complexity index is 493. The molecule has 0 saturated carbocycles. The van der Waals surface area contributed by atoms with Crippen molar-refractivity contribution in [2.75, 3.05) is 18.5 Å². The molecule has 0 fully saturated rings. The van der Waals surface area contributed by atoms with E-state index in [0.717, 1.165) is 31.1 Å². The first-order chi connectivity index (χ1) is 9.65. The molecule has 0 aliphatic rings. The first-order valence-electron chi connectivity index (χ1n) is 6.89. The number of pyridine rings is 1. The van der Waals surface area contributed by atoms with Crippen molar-refractivity contribution in [3.05, 3.63) is 40.5 Å². The number of aromatic nitrogens is 2. The molecule has 0 radical (unpaired) electrons. The van der Waals surface area contributed by atoms with Crippen molar-refractivity contribution in [1.29, 1.82) is 0 Å². The minimum atomic E-state index is 0.673. The molecule has 4 nitrogen and oxygen atoms in total. The van der Waals surface area contributed by atoms with E-state index in [1.165, 1.54) is 5.56 Å². The first kappa shape index (κ1) is 14.9. The predicted molar refractivity (Wildman–Crippen MR) is 85.0 cm³/mol. The fourth-order valence-electron chi connectivity index (χ4n) is 1.89. The van der Waals surface area contributed by atoms with Gasteiger partial charge in [-0.1, -0.05) is 19.9 Å². The second-order valence-corrected chi connectivity index (χ2v) is 6.10. The highest BCUT2D eigenvalue weighted by Crippen LogP contribution is 2.13. The van der Waals surface area contributed by atoms with Crippen LogP contribution in [-0.2, 0) is 13.1 Å². The highest BCUT2D eigenvalue weighted by molar-refractivity contribution is 7.07. The lowest BCUT2D eigenvalue weighted by molar-refractivity contribution is 0.552. The first-order valence-corrected chi connectivity index (χ1v) is 7.83. The van der Waals surface area contributed by atoms with E-state index < -0.39 is 0 Å². The van der Waals surface area contributed by atoms with E-state index >= 15 is 0 Å². The van der Waals surface area contributed by atoms with Crippen LogP contribution in [0.1, 0.15) is 25.1 Å². The Hall–Kier alpha value is -1.46. The Labute approximate surface area is 124 Å². The minimum absolute atomic E-state index is 0.673. The molecular formula is C15H22N4S. The van der Waals surface area contributed by atoms with Crippen molar-refractivity contribution < 1.29 is 0 Å². The molecule has 5 heteroatoms. The van der Waals surface area contributed by atoms with Crippen molar-refractivity contribution in [3.8, 4) is 0 Å². The summed E-state index contributed by atoms with van der Waals surface area (Å²) in [5, 5.41) is 5.49. The van der Waals surface area contributed by atoms with Crippen molar-refractivity contribution in [1.82, 2.24) is 15.3 Å². The Morgan fingerprint density at radius 2 is 2.15 bits per heavy atom. The van der Waals surface area contributed by atoms with Crippen molar-refractivity contribution in [2.24, 2.45) is 5.92 Å². The number of rotatable bonds is 7. The Kier molecular flexibility index (Phi) is 5.49. The fourth-order valence-corrected chi connectivity index (χ4v) is 2.44. The Balaban J connectivity index is 1.87. The lowest BCUT2D eigenvalue weighted by atomic mass is 10.2. The number of nitrogens with one attached hydrogen (secondary N) is 1. The summed E-state index contributed by atoms with van der Waals surface area (Å²) in [6.07, 6.45) is 1.94. The number of nitrogens with zero attached hydrogens (tertiary/aromatic N) is 3. The van der Waals surface area contributed by atoms with Gasteiger partial charge in [-0.05, 0) is 24.1 Å². The molecule has 1 N–H and O–H groups in total. The average Bonchev–Trinajstić information content (AvgIpc) is 2.92. The van der Waals surface area contributed by atoms with Crippen LogP contribution in [0.5, 0.6) is 0 Å². The molecule has 20 heavy (non-hydrogen) atoms. The van der Waals surface area contributed by atoms with Gasteiger partial charge in [0.05, 0.1) is 17.7 Å². The normalized spacial score (nSPS) is 11.0. The SMILES string of the molecule is CC(C)CNCc1ccc(N(C)Cc2cscn2)nc1. The predicted octanol–water partition coefficient (Wildman–Crippen LogP) is 2.92. The van der Waals surface area contributed by atoms with Crippen molar-refractivity contribution in [3.63, 3.8) is 0 Å².